The third-order valence-electron chi connectivity index (χ3n) is 5.31. The number of rotatable bonds is 4. The van der Waals surface area contributed by atoms with Crippen LogP contribution < -0.4 is 4.74 Å². The molecular weight excluding hydrogens is 380 g/mol. The van der Waals surface area contributed by atoms with E-state index in [4.69, 9.17) is 9.47 Å². The van der Waals surface area contributed by atoms with Crippen molar-refractivity contribution < 1.29 is 19.1 Å². The second-order valence-electron chi connectivity index (χ2n) is 7.44. The number of nitrogens with zero attached hydrogens (tertiary/aromatic N) is 2. The molecule has 6 heteroatoms. The smallest absolute Gasteiger partial charge is 0.343 e. The zero-order valence-corrected chi connectivity index (χ0v) is 16.9. The van der Waals surface area contributed by atoms with Crippen LogP contribution in [0.5, 0.6) is 5.75 Å². The predicted octanol–water partition coefficient (Wildman–Crippen LogP) is 3.95. The Bertz CT molecular complexity index is 1080. The summed E-state index contributed by atoms with van der Waals surface area (Å²) in [5, 5.41) is 0. The summed E-state index contributed by atoms with van der Waals surface area (Å²) in [7, 11) is 1.42. The van der Waals surface area contributed by atoms with E-state index >= 15 is 0 Å². The number of ether oxygens (including phenoxy) is 2. The van der Waals surface area contributed by atoms with Crippen LogP contribution in [0.15, 0.2) is 54.9 Å². The normalized spacial score (nSPS) is 15.2. The molecular formula is C24H22N2O4. The molecule has 0 amide bonds. The van der Waals surface area contributed by atoms with Crippen molar-refractivity contribution in [3.05, 3.63) is 77.1 Å². The highest BCUT2D eigenvalue weighted by Crippen LogP contribution is 2.29. The van der Waals surface area contributed by atoms with Gasteiger partial charge < -0.3 is 9.47 Å². The largest absolute Gasteiger partial charge is 0.469 e. The molecule has 1 aliphatic carbocycles. The molecule has 0 bridgehead atoms. The molecule has 0 radical (unpaired) electrons. The Morgan fingerprint density at radius 1 is 1.00 bits per heavy atom. The molecule has 1 atom stereocenters. The van der Waals surface area contributed by atoms with E-state index in [2.05, 4.69) is 9.97 Å². The van der Waals surface area contributed by atoms with Crippen LogP contribution in [-0.4, -0.2) is 29.0 Å². The van der Waals surface area contributed by atoms with Crippen LogP contribution in [0.3, 0.4) is 0 Å². The molecule has 0 saturated heterocycles. The lowest BCUT2D eigenvalue weighted by Crippen LogP contribution is -2.23. The maximum absolute atomic E-state index is 12.5. The maximum atomic E-state index is 12.5. The predicted molar refractivity (Wildman–Crippen MR) is 111 cm³/mol. The van der Waals surface area contributed by atoms with Crippen molar-refractivity contribution >= 4 is 11.9 Å². The Morgan fingerprint density at radius 2 is 1.73 bits per heavy atom. The van der Waals surface area contributed by atoms with Crippen LogP contribution in [0, 0.1) is 12.8 Å². The number of carbonyl (C=O) groups excluding carboxylic acids is 2. The van der Waals surface area contributed by atoms with E-state index in [1.807, 2.05) is 19.1 Å². The molecule has 1 unspecified atom stereocenters. The molecule has 6 nitrogen and oxygen atoms in total. The van der Waals surface area contributed by atoms with Crippen molar-refractivity contribution in [1.82, 2.24) is 9.97 Å². The molecule has 0 spiro atoms. The average Bonchev–Trinajstić information content (AvgIpc) is 2.78. The average molecular weight is 402 g/mol. The minimum atomic E-state index is -0.422. The number of methoxy groups -OCH3 is 1. The van der Waals surface area contributed by atoms with Crippen molar-refractivity contribution in [2.45, 2.75) is 26.2 Å². The number of esters is 2. The van der Waals surface area contributed by atoms with Crippen LogP contribution in [0.4, 0.5) is 0 Å². The van der Waals surface area contributed by atoms with Crippen LogP contribution in [-0.2, 0) is 22.4 Å². The molecule has 4 rings (SSSR count). The second kappa shape index (κ2) is 8.45. The van der Waals surface area contributed by atoms with Gasteiger partial charge in [0.25, 0.3) is 0 Å². The Kier molecular flexibility index (Phi) is 5.57. The summed E-state index contributed by atoms with van der Waals surface area (Å²) in [6.45, 7) is 1.93. The summed E-state index contributed by atoms with van der Waals surface area (Å²) < 4.78 is 10.4. The number of hydrogen-bond acceptors (Lipinski definition) is 6. The molecule has 0 saturated carbocycles. The zero-order valence-electron chi connectivity index (χ0n) is 16.9. The van der Waals surface area contributed by atoms with Crippen LogP contribution in [0.2, 0.25) is 0 Å². The first kappa shape index (κ1) is 19.8. The fourth-order valence-corrected chi connectivity index (χ4v) is 3.63. The van der Waals surface area contributed by atoms with E-state index in [0.29, 0.717) is 23.6 Å². The van der Waals surface area contributed by atoms with Crippen molar-refractivity contribution in [2.75, 3.05) is 7.11 Å². The Labute approximate surface area is 174 Å². The van der Waals surface area contributed by atoms with Gasteiger partial charge in [0.05, 0.1) is 18.6 Å². The summed E-state index contributed by atoms with van der Waals surface area (Å²) in [6.07, 6.45) is 5.66. The molecule has 152 valence electrons. The molecule has 1 aliphatic rings. The topological polar surface area (TPSA) is 78.4 Å². The van der Waals surface area contributed by atoms with Gasteiger partial charge in [-0.2, -0.15) is 0 Å². The molecule has 30 heavy (non-hydrogen) atoms. The lowest BCUT2D eigenvalue weighted by molar-refractivity contribution is -0.145. The first-order valence-corrected chi connectivity index (χ1v) is 9.84. The second-order valence-corrected chi connectivity index (χ2v) is 7.44. The van der Waals surface area contributed by atoms with Crippen LogP contribution in [0.25, 0.3) is 11.4 Å². The third-order valence-corrected chi connectivity index (χ3v) is 5.31. The number of aromatic nitrogens is 2. The van der Waals surface area contributed by atoms with E-state index in [0.717, 1.165) is 35.1 Å². The van der Waals surface area contributed by atoms with Gasteiger partial charge in [0.15, 0.2) is 5.82 Å². The fraction of sp³-hybridized carbons (Fsp3) is 0.250. The highest BCUT2D eigenvalue weighted by Gasteiger charge is 2.25. The van der Waals surface area contributed by atoms with E-state index in [1.54, 1.807) is 42.7 Å². The van der Waals surface area contributed by atoms with Crippen LogP contribution in [0.1, 0.15) is 33.5 Å². The summed E-state index contributed by atoms with van der Waals surface area (Å²) in [5.74, 6) is 0.416. The fourth-order valence-electron chi connectivity index (χ4n) is 3.63. The van der Waals surface area contributed by atoms with Crippen molar-refractivity contribution in [3.8, 4) is 17.1 Å². The number of aryl methyl sites for hydroxylation is 2. The summed E-state index contributed by atoms with van der Waals surface area (Å²) >= 11 is 0. The van der Waals surface area contributed by atoms with Gasteiger partial charge in [-0.05, 0) is 67.1 Å². The molecule has 1 heterocycles. The number of carbonyl (C=O) groups is 2. The lowest BCUT2D eigenvalue weighted by atomic mass is 9.84. The molecule has 0 fully saturated rings. The Hall–Kier alpha value is -3.54. The summed E-state index contributed by atoms with van der Waals surface area (Å²) in [6, 6.07) is 12.6. The SMILES string of the molecule is COC(=O)C1CCc2cc(OC(=O)c3ccc(-c4ncc(C)cn4)cc3)ccc2C1. The Balaban J connectivity index is 1.44. The van der Waals surface area contributed by atoms with Gasteiger partial charge in [-0.3, -0.25) is 4.79 Å². The van der Waals surface area contributed by atoms with E-state index in [-0.39, 0.29) is 11.9 Å². The standard InChI is InChI=1S/C24H22N2O4/c1-15-13-25-22(26-14-15)16-3-5-17(6-4-16)24(28)30-21-10-9-18-11-20(23(27)29-2)8-7-19(18)12-21/h3-6,9-10,12-14,20H,7-8,11H2,1-2H3. The molecule has 1 aromatic heterocycles. The summed E-state index contributed by atoms with van der Waals surface area (Å²) in [5.41, 5.74) is 4.48. The molecule has 0 N–H and O–H groups in total. The number of benzene rings is 2. The Morgan fingerprint density at radius 3 is 2.43 bits per heavy atom. The molecule has 2 aromatic carbocycles. The van der Waals surface area contributed by atoms with Gasteiger partial charge in [0.1, 0.15) is 5.75 Å². The van der Waals surface area contributed by atoms with Gasteiger partial charge in [0, 0.05) is 18.0 Å². The van der Waals surface area contributed by atoms with Gasteiger partial charge in [-0.15, -0.1) is 0 Å². The van der Waals surface area contributed by atoms with Crippen molar-refractivity contribution in [2.24, 2.45) is 5.92 Å². The van der Waals surface area contributed by atoms with E-state index < -0.39 is 5.97 Å². The first-order chi connectivity index (χ1) is 14.5. The maximum Gasteiger partial charge on any atom is 0.343 e. The minimum absolute atomic E-state index is 0.105. The van der Waals surface area contributed by atoms with E-state index in [1.165, 1.54) is 7.11 Å². The first-order valence-electron chi connectivity index (χ1n) is 9.84. The van der Waals surface area contributed by atoms with Gasteiger partial charge in [-0.25, -0.2) is 14.8 Å². The zero-order chi connectivity index (χ0) is 21.1. The lowest BCUT2D eigenvalue weighted by Gasteiger charge is -2.23. The summed E-state index contributed by atoms with van der Waals surface area (Å²) in [4.78, 5) is 32.9. The highest BCUT2D eigenvalue weighted by atomic mass is 16.5. The van der Waals surface area contributed by atoms with Gasteiger partial charge in [0.2, 0.25) is 0 Å². The third kappa shape index (κ3) is 4.22. The monoisotopic (exact) mass is 402 g/mol. The highest BCUT2D eigenvalue weighted by molar-refractivity contribution is 5.91. The van der Waals surface area contributed by atoms with Crippen LogP contribution >= 0.6 is 0 Å². The minimum Gasteiger partial charge on any atom is -0.469 e. The number of hydrogen-bond donors (Lipinski definition) is 0. The van der Waals surface area contributed by atoms with Gasteiger partial charge >= 0.3 is 11.9 Å². The molecule has 3 aromatic rings. The van der Waals surface area contributed by atoms with Gasteiger partial charge in [-0.1, -0.05) is 18.2 Å². The quantitative estimate of drug-likeness (QED) is 0.486. The van der Waals surface area contributed by atoms with E-state index in [9.17, 15) is 9.59 Å². The number of fused-ring (bicyclic) bond motifs is 1. The molecule has 0 aliphatic heterocycles. The van der Waals surface area contributed by atoms with Crippen molar-refractivity contribution in [1.29, 1.82) is 0 Å². The van der Waals surface area contributed by atoms with Crippen molar-refractivity contribution in [3.63, 3.8) is 0 Å².